The Balaban J connectivity index is 1.81. The van der Waals surface area contributed by atoms with Crippen LogP contribution in [0.4, 0.5) is 0 Å². The molecule has 0 aliphatic heterocycles. The number of hydrogen-bond donors (Lipinski definition) is 1. The van der Waals surface area contributed by atoms with Crippen molar-refractivity contribution in [2.45, 2.75) is 33.9 Å². The van der Waals surface area contributed by atoms with E-state index >= 15 is 0 Å². The third-order valence-corrected chi connectivity index (χ3v) is 5.73. The average molecular weight is 485 g/mol. The minimum Gasteiger partial charge on any atom is -0.497 e. The summed E-state index contributed by atoms with van der Waals surface area (Å²) in [6, 6.07) is 14.4. The number of nitrogens with zero attached hydrogens (tertiary/aromatic N) is 1. The molecule has 1 heterocycles. The van der Waals surface area contributed by atoms with Gasteiger partial charge in [0.15, 0.2) is 6.61 Å². The number of carbonyl (C=O) groups excluding carboxylic acids is 2. The van der Waals surface area contributed by atoms with Crippen LogP contribution in [0.1, 0.15) is 39.8 Å². The van der Waals surface area contributed by atoms with Gasteiger partial charge in [-0.3, -0.25) is 4.79 Å². The number of aryl methyl sites for hydroxylation is 1. The number of ether oxygens (including phenoxy) is 3. The molecule has 3 aromatic rings. The van der Waals surface area contributed by atoms with Crippen molar-refractivity contribution in [3.05, 3.63) is 81.6 Å². The van der Waals surface area contributed by atoms with Gasteiger partial charge in [0, 0.05) is 23.8 Å². The first-order valence-electron chi connectivity index (χ1n) is 11.0. The van der Waals surface area contributed by atoms with E-state index in [0.29, 0.717) is 35.3 Å². The predicted octanol–water partition coefficient (Wildman–Crippen LogP) is 5.08. The van der Waals surface area contributed by atoms with Crippen molar-refractivity contribution in [1.29, 1.82) is 0 Å². The zero-order chi connectivity index (χ0) is 24.7. The minimum absolute atomic E-state index is 0.132. The summed E-state index contributed by atoms with van der Waals surface area (Å²) < 4.78 is 16.0. The van der Waals surface area contributed by atoms with E-state index in [0.717, 1.165) is 22.4 Å². The molecule has 34 heavy (non-hydrogen) atoms. The maximum absolute atomic E-state index is 13.2. The number of benzene rings is 2. The minimum atomic E-state index is -0.409. The first-order valence-corrected chi connectivity index (χ1v) is 11.3. The fourth-order valence-electron chi connectivity index (χ4n) is 3.58. The normalized spacial score (nSPS) is 10.6. The molecule has 1 aromatic heterocycles. The van der Waals surface area contributed by atoms with Gasteiger partial charge in [-0.15, -0.1) is 0 Å². The van der Waals surface area contributed by atoms with Gasteiger partial charge in [-0.2, -0.15) is 0 Å². The zero-order valence-corrected chi connectivity index (χ0v) is 20.6. The van der Waals surface area contributed by atoms with E-state index in [2.05, 4.69) is 4.98 Å². The second kappa shape index (κ2) is 11.6. The average Bonchev–Trinajstić information content (AvgIpc) is 3.12. The van der Waals surface area contributed by atoms with Crippen LogP contribution in [0.2, 0.25) is 5.02 Å². The molecule has 0 aliphatic carbocycles. The predicted molar refractivity (Wildman–Crippen MR) is 130 cm³/mol. The molecule has 1 amide bonds. The molecule has 2 aromatic carbocycles. The van der Waals surface area contributed by atoms with Crippen molar-refractivity contribution in [1.82, 2.24) is 9.88 Å². The number of amides is 1. The highest BCUT2D eigenvalue weighted by atomic mass is 35.5. The molecule has 0 unspecified atom stereocenters. The third-order valence-electron chi connectivity index (χ3n) is 5.48. The maximum Gasteiger partial charge on any atom is 0.355 e. The second-order valence-electron chi connectivity index (χ2n) is 7.79. The topological polar surface area (TPSA) is 80.9 Å². The van der Waals surface area contributed by atoms with Crippen molar-refractivity contribution in [2.24, 2.45) is 0 Å². The number of halogens is 1. The first kappa shape index (κ1) is 25.2. The van der Waals surface area contributed by atoms with Crippen molar-refractivity contribution in [3.8, 4) is 11.5 Å². The number of carbonyl (C=O) groups is 2. The Morgan fingerprint density at radius 1 is 0.971 bits per heavy atom. The Labute approximate surface area is 204 Å². The fourth-order valence-corrected chi connectivity index (χ4v) is 3.70. The van der Waals surface area contributed by atoms with E-state index in [-0.39, 0.29) is 19.1 Å². The zero-order valence-electron chi connectivity index (χ0n) is 19.8. The van der Waals surface area contributed by atoms with Gasteiger partial charge in [0.05, 0.1) is 13.7 Å². The Morgan fingerprint density at radius 2 is 1.62 bits per heavy atom. The Morgan fingerprint density at radius 3 is 2.24 bits per heavy atom. The van der Waals surface area contributed by atoms with Crippen molar-refractivity contribution >= 4 is 23.5 Å². The van der Waals surface area contributed by atoms with Crippen LogP contribution < -0.4 is 9.47 Å². The number of rotatable bonds is 10. The first-order chi connectivity index (χ1) is 16.3. The highest BCUT2D eigenvalue weighted by Crippen LogP contribution is 2.23. The summed E-state index contributed by atoms with van der Waals surface area (Å²) in [4.78, 5) is 30.3. The lowest BCUT2D eigenvalue weighted by Crippen LogP contribution is -2.34. The molecule has 0 aliphatic rings. The molecule has 7 nitrogen and oxygen atoms in total. The summed E-state index contributed by atoms with van der Waals surface area (Å²) in [5, 5.41) is 0.626. The van der Waals surface area contributed by atoms with Gasteiger partial charge in [0.25, 0.3) is 5.91 Å². The fraction of sp³-hybridized carbons (Fsp3) is 0.308. The molecule has 3 rings (SSSR count). The Bertz CT molecular complexity index is 1120. The van der Waals surface area contributed by atoms with E-state index in [1.54, 1.807) is 55.3 Å². The molecular formula is C26H29ClN2O5. The van der Waals surface area contributed by atoms with Gasteiger partial charge < -0.3 is 24.1 Å². The molecule has 0 bridgehead atoms. The molecule has 0 radical (unpaired) electrons. The smallest absolute Gasteiger partial charge is 0.355 e. The van der Waals surface area contributed by atoms with Crippen molar-refractivity contribution in [3.63, 3.8) is 0 Å². The number of aromatic nitrogens is 1. The summed E-state index contributed by atoms with van der Waals surface area (Å²) in [6.07, 6.45) is 0. The van der Waals surface area contributed by atoms with E-state index in [9.17, 15) is 9.59 Å². The van der Waals surface area contributed by atoms with Gasteiger partial charge >= 0.3 is 5.97 Å². The van der Waals surface area contributed by atoms with Crippen LogP contribution in [0.15, 0.2) is 48.5 Å². The quantitative estimate of drug-likeness (QED) is 0.406. The number of aromatic amines is 1. The molecule has 0 spiro atoms. The number of methoxy groups -OCH3 is 1. The third kappa shape index (κ3) is 6.32. The van der Waals surface area contributed by atoms with Crippen LogP contribution in [0.25, 0.3) is 0 Å². The molecule has 1 N–H and O–H groups in total. The maximum atomic E-state index is 13.2. The van der Waals surface area contributed by atoms with Crippen LogP contribution in [0.5, 0.6) is 11.5 Å². The molecule has 0 fully saturated rings. The molecular weight excluding hydrogens is 456 g/mol. The van der Waals surface area contributed by atoms with Gasteiger partial charge in [0.2, 0.25) is 0 Å². The SMILES string of the molecule is CCOC(=O)c1[nH]c(C)c(CN(Cc2ccc(Cl)cc2)C(=O)COc2ccc(OC)cc2)c1C. The van der Waals surface area contributed by atoms with E-state index in [1.165, 1.54) is 0 Å². The highest BCUT2D eigenvalue weighted by molar-refractivity contribution is 6.30. The van der Waals surface area contributed by atoms with Gasteiger partial charge in [-0.25, -0.2) is 4.79 Å². The molecule has 180 valence electrons. The van der Waals surface area contributed by atoms with E-state index in [1.807, 2.05) is 26.0 Å². The number of hydrogen-bond acceptors (Lipinski definition) is 5. The van der Waals surface area contributed by atoms with Gasteiger partial charge in [0.1, 0.15) is 17.2 Å². The van der Waals surface area contributed by atoms with Crippen LogP contribution >= 0.6 is 11.6 Å². The lowest BCUT2D eigenvalue weighted by Gasteiger charge is -2.24. The number of esters is 1. The van der Waals surface area contributed by atoms with E-state index < -0.39 is 5.97 Å². The molecule has 0 atom stereocenters. The van der Waals surface area contributed by atoms with Crippen LogP contribution in [-0.2, 0) is 22.6 Å². The Hall–Kier alpha value is -3.45. The summed E-state index contributed by atoms with van der Waals surface area (Å²) in [5.41, 5.74) is 3.78. The largest absolute Gasteiger partial charge is 0.497 e. The summed E-state index contributed by atoms with van der Waals surface area (Å²) in [6.45, 7) is 6.32. The van der Waals surface area contributed by atoms with E-state index in [4.69, 9.17) is 25.8 Å². The lowest BCUT2D eigenvalue weighted by atomic mass is 10.1. The monoisotopic (exact) mass is 484 g/mol. The second-order valence-corrected chi connectivity index (χ2v) is 8.23. The van der Waals surface area contributed by atoms with Gasteiger partial charge in [-0.1, -0.05) is 23.7 Å². The van der Waals surface area contributed by atoms with Crippen LogP contribution in [0.3, 0.4) is 0 Å². The van der Waals surface area contributed by atoms with Crippen molar-refractivity contribution in [2.75, 3.05) is 20.3 Å². The summed E-state index contributed by atoms with van der Waals surface area (Å²) >= 11 is 6.02. The van der Waals surface area contributed by atoms with Gasteiger partial charge in [-0.05, 0) is 73.9 Å². The number of H-pyrrole nitrogens is 1. The Kier molecular flexibility index (Phi) is 8.60. The molecule has 0 saturated heterocycles. The van der Waals surface area contributed by atoms with Crippen LogP contribution in [-0.4, -0.2) is 42.1 Å². The number of nitrogens with one attached hydrogen (secondary N) is 1. The summed E-state index contributed by atoms with van der Waals surface area (Å²) in [5.74, 6) is 0.675. The standard InChI is InChI=1S/C26H29ClN2O5/c1-5-33-26(31)25-17(2)23(18(3)28-25)15-29(14-19-6-8-20(27)9-7-19)24(30)16-34-22-12-10-21(32-4)11-13-22/h6-13,28H,5,14-16H2,1-4H3. The van der Waals surface area contributed by atoms with Crippen LogP contribution in [0, 0.1) is 13.8 Å². The molecule has 0 saturated carbocycles. The summed E-state index contributed by atoms with van der Waals surface area (Å²) in [7, 11) is 1.59. The molecule has 8 heteroatoms. The highest BCUT2D eigenvalue weighted by Gasteiger charge is 2.23. The lowest BCUT2D eigenvalue weighted by molar-refractivity contribution is -0.134. The van der Waals surface area contributed by atoms with Crippen molar-refractivity contribution < 1.29 is 23.8 Å².